The largest absolute Gasteiger partial charge is 0.480 e. The van der Waals surface area contributed by atoms with Crippen molar-refractivity contribution in [2.45, 2.75) is 25.5 Å². The number of carboxylic acids is 1. The number of benzene rings is 1. The van der Waals surface area contributed by atoms with Gasteiger partial charge in [0, 0.05) is 19.0 Å². The van der Waals surface area contributed by atoms with Gasteiger partial charge in [-0.05, 0) is 24.1 Å². The molecular weight excluding hydrogens is 258 g/mol. The monoisotopic (exact) mass is 275 g/mol. The van der Waals surface area contributed by atoms with Gasteiger partial charge in [-0.15, -0.1) is 0 Å². The highest BCUT2D eigenvalue weighted by molar-refractivity contribution is 5.95. The number of carboxylic acid groups (broad SMARTS) is 1. The fourth-order valence-electron chi connectivity index (χ4n) is 2.32. The minimum Gasteiger partial charge on any atom is -0.480 e. The van der Waals surface area contributed by atoms with E-state index in [1.165, 1.54) is 11.0 Å². The number of amides is 1. The first-order chi connectivity index (χ1) is 9.49. The zero-order valence-corrected chi connectivity index (χ0v) is 11.2. The number of carbonyl (C=O) groups is 2. The summed E-state index contributed by atoms with van der Waals surface area (Å²) in [6.45, 7) is 2.00. The fourth-order valence-corrected chi connectivity index (χ4v) is 2.32. The van der Waals surface area contributed by atoms with Crippen molar-refractivity contribution in [1.82, 2.24) is 4.90 Å². The molecule has 1 aliphatic rings. The third kappa shape index (κ3) is 3.05. The van der Waals surface area contributed by atoms with Crippen LogP contribution in [0.1, 0.15) is 17.5 Å². The average Bonchev–Trinajstić information content (AvgIpc) is 2.80. The Hall–Kier alpha value is -2.14. The number of likely N-dealkylation sites (tertiary alicyclic amines) is 1. The van der Waals surface area contributed by atoms with Crippen molar-refractivity contribution < 1.29 is 19.8 Å². The summed E-state index contributed by atoms with van der Waals surface area (Å²) in [5, 5.41) is 18.6. The van der Waals surface area contributed by atoms with Crippen molar-refractivity contribution in [2.75, 3.05) is 6.54 Å². The summed E-state index contributed by atoms with van der Waals surface area (Å²) < 4.78 is 0. The third-order valence-corrected chi connectivity index (χ3v) is 3.44. The maximum Gasteiger partial charge on any atom is 0.326 e. The molecule has 2 rings (SSSR count). The van der Waals surface area contributed by atoms with Gasteiger partial charge in [-0.1, -0.05) is 24.3 Å². The number of hydrogen-bond donors (Lipinski definition) is 2. The highest BCUT2D eigenvalue weighted by Crippen LogP contribution is 2.19. The number of aliphatic carboxylic acids is 1. The molecule has 0 aromatic heterocycles. The highest BCUT2D eigenvalue weighted by Gasteiger charge is 2.37. The number of nitrogens with zero attached hydrogens (tertiary/aromatic N) is 1. The Morgan fingerprint density at radius 2 is 2.05 bits per heavy atom. The normalized spacial score (nSPS) is 22.4. The molecule has 0 bridgehead atoms. The van der Waals surface area contributed by atoms with Crippen LogP contribution in [0, 0.1) is 6.92 Å². The second-order valence-corrected chi connectivity index (χ2v) is 4.92. The van der Waals surface area contributed by atoms with Crippen molar-refractivity contribution >= 4 is 18.0 Å². The van der Waals surface area contributed by atoms with E-state index >= 15 is 0 Å². The van der Waals surface area contributed by atoms with Crippen LogP contribution in [0.3, 0.4) is 0 Å². The molecule has 1 heterocycles. The van der Waals surface area contributed by atoms with Crippen molar-refractivity contribution in [2.24, 2.45) is 0 Å². The van der Waals surface area contributed by atoms with Crippen molar-refractivity contribution in [3.05, 3.63) is 41.5 Å². The van der Waals surface area contributed by atoms with E-state index in [1.54, 1.807) is 6.08 Å². The van der Waals surface area contributed by atoms with Gasteiger partial charge < -0.3 is 15.1 Å². The van der Waals surface area contributed by atoms with Crippen molar-refractivity contribution in [3.63, 3.8) is 0 Å². The molecule has 1 amide bonds. The summed E-state index contributed by atoms with van der Waals surface area (Å²) in [7, 11) is 0. The van der Waals surface area contributed by atoms with Gasteiger partial charge in [0.25, 0.3) is 0 Å². The second-order valence-electron chi connectivity index (χ2n) is 4.92. The minimum absolute atomic E-state index is 0.0634. The van der Waals surface area contributed by atoms with Gasteiger partial charge in [0.1, 0.15) is 6.04 Å². The molecule has 0 saturated carbocycles. The summed E-state index contributed by atoms with van der Waals surface area (Å²) in [6, 6.07) is 6.65. The molecule has 1 saturated heterocycles. The van der Waals surface area contributed by atoms with E-state index < -0.39 is 24.0 Å². The number of aliphatic hydroxyl groups is 1. The number of β-amino-alcohol motifs (C(OH)–C–C–N with tert-alkyl or cyclic N) is 1. The number of hydrogen-bond acceptors (Lipinski definition) is 3. The number of aliphatic hydroxyl groups excluding tert-OH is 1. The Bertz CT molecular complexity index is 553. The Morgan fingerprint density at radius 1 is 1.35 bits per heavy atom. The molecule has 0 unspecified atom stereocenters. The molecular formula is C15H17NO4. The molecule has 0 radical (unpaired) electrons. The molecule has 0 aliphatic carbocycles. The number of aryl methyl sites for hydroxylation is 1. The van der Waals surface area contributed by atoms with E-state index in [0.717, 1.165) is 11.1 Å². The Morgan fingerprint density at radius 3 is 2.70 bits per heavy atom. The standard InChI is InChI=1S/C15H17NO4/c1-10-4-2-3-5-11(10)6-7-14(18)16-9-12(17)8-13(16)15(19)20/h2-7,12-13,17H,8-9H2,1H3,(H,19,20)/t12-,13+/m1/s1. The second kappa shape index (κ2) is 5.88. The van der Waals surface area contributed by atoms with E-state index in [-0.39, 0.29) is 13.0 Å². The predicted octanol–water partition coefficient (Wildman–Crippen LogP) is 1.05. The van der Waals surface area contributed by atoms with Crippen molar-refractivity contribution in [3.8, 4) is 0 Å². The third-order valence-electron chi connectivity index (χ3n) is 3.44. The number of carbonyl (C=O) groups excluding carboxylic acids is 1. The molecule has 1 aliphatic heterocycles. The van der Waals surface area contributed by atoms with Gasteiger partial charge in [-0.3, -0.25) is 4.79 Å². The van der Waals surface area contributed by atoms with Gasteiger partial charge in [0.2, 0.25) is 5.91 Å². The first-order valence-electron chi connectivity index (χ1n) is 6.44. The maximum atomic E-state index is 12.1. The SMILES string of the molecule is Cc1ccccc1C=CC(=O)N1C[C@H](O)C[C@H]1C(=O)O. The summed E-state index contributed by atoms with van der Waals surface area (Å²) in [5.74, 6) is -1.48. The average molecular weight is 275 g/mol. The summed E-state index contributed by atoms with van der Waals surface area (Å²) in [5.41, 5.74) is 1.94. The molecule has 1 fully saturated rings. The molecule has 1 aromatic rings. The molecule has 2 N–H and O–H groups in total. The molecule has 20 heavy (non-hydrogen) atoms. The first kappa shape index (κ1) is 14.3. The van der Waals surface area contributed by atoms with E-state index in [9.17, 15) is 14.7 Å². The lowest BCUT2D eigenvalue weighted by Crippen LogP contribution is -2.39. The van der Waals surface area contributed by atoms with E-state index in [4.69, 9.17) is 5.11 Å². The predicted molar refractivity (Wildman–Crippen MR) is 74.0 cm³/mol. The van der Waals surface area contributed by atoms with Crippen molar-refractivity contribution in [1.29, 1.82) is 0 Å². The summed E-state index contributed by atoms with van der Waals surface area (Å²) >= 11 is 0. The van der Waals surface area contributed by atoms with Gasteiger partial charge in [-0.2, -0.15) is 0 Å². The van der Waals surface area contributed by atoms with Gasteiger partial charge >= 0.3 is 5.97 Å². The van der Waals surface area contributed by atoms with Crippen LogP contribution >= 0.6 is 0 Å². The van der Waals surface area contributed by atoms with Gasteiger partial charge in [0.05, 0.1) is 6.10 Å². The van der Waals surface area contributed by atoms with Crippen LogP contribution in [-0.2, 0) is 9.59 Å². The Labute approximate surface area is 117 Å². The van der Waals surface area contributed by atoms with Crippen LogP contribution in [0.15, 0.2) is 30.3 Å². The van der Waals surface area contributed by atoms with Crippen LogP contribution in [0.5, 0.6) is 0 Å². The van der Waals surface area contributed by atoms with Gasteiger partial charge in [-0.25, -0.2) is 4.79 Å². The van der Waals surface area contributed by atoms with Crippen LogP contribution < -0.4 is 0 Å². The summed E-state index contributed by atoms with van der Waals surface area (Å²) in [4.78, 5) is 24.3. The van der Waals surface area contributed by atoms with Gasteiger partial charge in [0.15, 0.2) is 0 Å². The lowest BCUT2D eigenvalue weighted by molar-refractivity contribution is -0.146. The van der Waals surface area contributed by atoms with Crippen LogP contribution in [0.25, 0.3) is 6.08 Å². The Balaban J connectivity index is 2.12. The molecule has 5 nitrogen and oxygen atoms in total. The van der Waals surface area contributed by atoms with Crippen LogP contribution in [0.2, 0.25) is 0 Å². The lowest BCUT2D eigenvalue weighted by atomic mass is 10.1. The minimum atomic E-state index is -1.08. The van der Waals surface area contributed by atoms with E-state index in [1.807, 2.05) is 31.2 Å². The van der Waals surface area contributed by atoms with E-state index in [2.05, 4.69) is 0 Å². The summed E-state index contributed by atoms with van der Waals surface area (Å²) in [6.07, 6.45) is 2.34. The molecule has 5 heteroatoms. The zero-order valence-electron chi connectivity index (χ0n) is 11.2. The first-order valence-corrected chi connectivity index (χ1v) is 6.44. The smallest absolute Gasteiger partial charge is 0.326 e. The number of rotatable bonds is 3. The maximum absolute atomic E-state index is 12.1. The quantitative estimate of drug-likeness (QED) is 0.808. The van der Waals surface area contributed by atoms with E-state index in [0.29, 0.717) is 0 Å². The molecule has 106 valence electrons. The van der Waals surface area contributed by atoms with Crippen LogP contribution in [0.4, 0.5) is 0 Å². The molecule has 1 aromatic carbocycles. The highest BCUT2D eigenvalue weighted by atomic mass is 16.4. The molecule has 2 atom stereocenters. The fraction of sp³-hybridized carbons (Fsp3) is 0.333. The topological polar surface area (TPSA) is 77.8 Å². The molecule has 0 spiro atoms. The lowest BCUT2D eigenvalue weighted by Gasteiger charge is -2.19. The Kier molecular flexibility index (Phi) is 4.20. The van der Waals surface area contributed by atoms with Crippen LogP contribution in [-0.4, -0.2) is 45.7 Å². The zero-order chi connectivity index (χ0) is 14.7.